The molecule has 6 nitrogen and oxygen atoms in total. The van der Waals surface area contributed by atoms with E-state index in [-0.39, 0.29) is 22.9 Å². The van der Waals surface area contributed by atoms with Crippen molar-refractivity contribution in [1.82, 2.24) is 4.90 Å². The molecule has 30 heavy (non-hydrogen) atoms. The van der Waals surface area contributed by atoms with Crippen molar-refractivity contribution in [3.05, 3.63) is 80.4 Å². The van der Waals surface area contributed by atoms with Gasteiger partial charge >= 0.3 is 0 Å². The topological polar surface area (TPSA) is 80.0 Å². The fourth-order valence-corrected chi connectivity index (χ4v) is 4.82. The third-order valence-corrected chi connectivity index (χ3v) is 6.39. The molecule has 1 aliphatic rings. The zero-order valence-electron chi connectivity index (χ0n) is 16.2. The minimum Gasteiger partial charge on any atom is -0.507 e. The number of hydrogen-bond donors (Lipinski definition) is 1. The van der Waals surface area contributed by atoms with Gasteiger partial charge < -0.3 is 19.2 Å². The molecule has 1 saturated heterocycles. The summed E-state index contributed by atoms with van der Waals surface area (Å²) >= 11 is 7.62. The summed E-state index contributed by atoms with van der Waals surface area (Å²) in [6.07, 6.45) is 1.51. The van der Waals surface area contributed by atoms with Crippen LogP contribution in [0.4, 0.5) is 0 Å². The van der Waals surface area contributed by atoms with Gasteiger partial charge in [0.2, 0.25) is 0 Å². The number of methoxy groups -OCH3 is 1. The van der Waals surface area contributed by atoms with E-state index in [9.17, 15) is 14.7 Å². The summed E-state index contributed by atoms with van der Waals surface area (Å²) in [7, 11) is 1.49. The van der Waals surface area contributed by atoms with Crippen LogP contribution in [0.1, 0.15) is 27.8 Å². The monoisotopic (exact) mass is 443 g/mol. The molecule has 2 aromatic heterocycles. The summed E-state index contributed by atoms with van der Waals surface area (Å²) in [4.78, 5) is 28.1. The minimum atomic E-state index is -0.746. The number of hydrogen-bond acceptors (Lipinski definition) is 6. The van der Waals surface area contributed by atoms with E-state index in [2.05, 4.69) is 0 Å². The molecule has 0 saturated carbocycles. The molecule has 1 aliphatic heterocycles. The van der Waals surface area contributed by atoms with Gasteiger partial charge in [-0.3, -0.25) is 9.59 Å². The molecule has 1 atom stereocenters. The molecule has 3 heterocycles. The second-order valence-electron chi connectivity index (χ2n) is 6.82. The van der Waals surface area contributed by atoms with E-state index in [1.165, 1.54) is 35.7 Å². The number of nitrogens with zero attached hydrogens (tertiary/aromatic N) is 1. The first-order valence-electron chi connectivity index (χ1n) is 9.11. The van der Waals surface area contributed by atoms with Gasteiger partial charge in [0.05, 0.1) is 30.5 Å². The van der Waals surface area contributed by atoms with Crippen LogP contribution >= 0.6 is 22.9 Å². The number of carbonyl (C=O) groups excluding carboxylic acids is 2. The second kappa shape index (κ2) is 8.01. The van der Waals surface area contributed by atoms with E-state index in [0.29, 0.717) is 17.1 Å². The Kier molecular flexibility index (Phi) is 5.40. The minimum absolute atomic E-state index is 0.0262. The standard InChI is InChI=1S/C22H18ClNO5S/c1-12-7-9-30-21(12)18-17(19(25)13-5-6-16(28-2)15(23)10-13)20(26)22(27)24(18)11-14-4-3-8-29-14/h3-10,18,25H,11H2,1-2H3/b19-17-. The Morgan fingerprint density at radius 1 is 1.30 bits per heavy atom. The number of carbonyl (C=O) groups is 2. The Hall–Kier alpha value is -3.03. The molecule has 1 N–H and O–H groups in total. The summed E-state index contributed by atoms with van der Waals surface area (Å²) in [6, 6.07) is 9.35. The van der Waals surface area contributed by atoms with Crippen LogP contribution in [0.25, 0.3) is 5.76 Å². The number of rotatable bonds is 5. The SMILES string of the molecule is COc1ccc(/C(O)=C2/C(=O)C(=O)N(Cc3ccco3)C2c2sccc2C)cc1Cl. The van der Waals surface area contributed by atoms with Crippen molar-refractivity contribution in [2.24, 2.45) is 0 Å². The van der Waals surface area contributed by atoms with E-state index in [1.54, 1.807) is 24.3 Å². The van der Waals surface area contributed by atoms with Gasteiger partial charge in [-0.1, -0.05) is 11.6 Å². The van der Waals surface area contributed by atoms with Crippen molar-refractivity contribution in [2.75, 3.05) is 7.11 Å². The Bertz CT molecular complexity index is 1150. The molecule has 1 unspecified atom stereocenters. The maximum Gasteiger partial charge on any atom is 0.296 e. The lowest BCUT2D eigenvalue weighted by molar-refractivity contribution is -0.140. The number of aryl methyl sites for hydroxylation is 1. The Balaban J connectivity index is 1.87. The molecule has 0 radical (unpaired) electrons. The van der Waals surface area contributed by atoms with Gasteiger partial charge in [-0.2, -0.15) is 0 Å². The van der Waals surface area contributed by atoms with Gasteiger partial charge in [-0.15, -0.1) is 11.3 Å². The number of aliphatic hydroxyl groups is 1. The zero-order valence-corrected chi connectivity index (χ0v) is 17.8. The Morgan fingerprint density at radius 3 is 2.70 bits per heavy atom. The van der Waals surface area contributed by atoms with Crippen LogP contribution in [-0.2, 0) is 16.1 Å². The smallest absolute Gasteiger partial charge is 0.296 e. The van der Waals surface area contributed by atoms with Gasteiger partial charge in [0, 0.05) is 10.4 Å². The highest BCUT2D eigenvalue weighted by atomic mass is 35.5. The first-order chi connectivity index (χ1) is 14.4. The lowest BCUT2D eigenvalue weighted by atomic mass is 9.98. The fourth-order valence-electron chi connectivity index (χ4n) is 3.52. The van der Waals surface area contributed by atoms with Gasteiger partial charge in [-0.25, -0.2) is 0 Å². The number of aliphatic hydroxyl groups excluding tert-OH is 1. The molecule has 8 heteroatoms. The van der Waals surface area contributed by atoms with Gasteiger partial charge in [0.15, 0.2) is 0 Å². The summed E-state index contributed by atoms with van der Waals surface area (Å²) in [5, 5.41) is 13.2. The van der Waals surface area contributed by atoms with Crippen LogP contribution in [0.2, 0.25) is 5.02 Å². The van der Waals surface area contributed by atoms with E-state index >= 15 is 0 Å². The lowest BCUT2D eigenvalue weighted by Crippen LogP contribution is -2.28. The lowest BCUT2D eigenvalue weighted by Gasteiger charge is -2.24. The quantitative estimate of drug-likeness (QED) is 0.343. The van der Waals surface area contributed by atoms with Crippen molar-refractivity contribution >= 4 is 40.4 Å². The van der Waals surface area contributed by atoms with Gasteiger partial charge in [0.1, 0.15) is 23.3 Å². The maximum atomic E-state index is 13.0. The first-order valence-corrected chi connectivity index (χ1v) is 10.4. The number of halogens is 1. The Labute approximate surface area is 181 Å². The summed E-state index contributed by atoms with van der Waals surface area (Å²) in [6.45, 7) is 2.02. The van der Waals surface area contributed by atoms with Crippen LogP contribution in [0.15, 0.2) is 58.0 Å². The molecule has 1 amide bonds. The van der Waals surface area contributed by atoms with Gasteiger partial charge in [-0.05, 0) is 54.3 Å². The molecular formula is C22H18ClNO5S. The Morgan fingerprint density at radius 2 is 2.10 bits per heavy atom. The molecular weight excluding hydrogens is 426 g/mol. The van der Waals surface area contributed by atoms with Crippen LogP contribution in [0.5, 0.6) is 5.75 Å². The average molecular weight is 444 g/mol. The normalized spacial score (nSPS) is 18.2. The predicted octanol–water partition coefficient (Wildman–Crippen LogP) is 4.93. The summed E-state index contributed by atoms with van der Waals surface area (Å²) in [5.41, 5.74) is 1.28. The van der Waals surface area contributed by atoms with Crippen LogP contribution in [0.3, 0.4) is 0 Å². The van der Waals surface area contributed by atoms with Gasteiger partial charge in [0.25, 0.3) is 11.7 Å². The molecule has 154 valence electrons. The molecule has 3 aromatic rings. The highest BCUT2D eigenvalue weighted by Crippen LogP contribution is 2.43. The first kappa shape index (κ1) is 20.3. The largest absolute Gasteiger partial charge is 0.507 e. The molecule has 1 fully saturated rings. The average Bonchev–Trinajstić information content (AvgIpc) is 3.45. The van der Waals surface area contributed by atoms with E-state index in [4.69, 9.17) is 20.8 Å². The van der Waals surface area contributed by atoms with Crippen molar-refractivity contribution in [3.63, 3.8) is 0 Å². The number of amides is 1. The predicted molar refractivity (Wildman–Crippen MR) is 114 cm³/mol. The molecule has 0 aliphatic carbocycles. The van der Waals surface area contributed by atoms with Crippen LogP contribution in [-0.4, -0.2) is 28.8 Å². The van der Waals surface area contributed by atoms with Crippen LogP contribution in [0, 0.1) is 6.92 Å². The molecule has 4 rings (SSSR count). The number of ether oxygens (including phenoxy) is 1. The van der Waals surface area contributed by atoms with Crippen molar-refractivity contribution in [2.45, 2.75) is 19.5 Å². The highest BCUT2D eigenvalue weighted by molar-refractivity contribution is 7.10. The molecule has 0 spiro atoms. The number of likely N-dealkylation sites (tertiary alicyclic amines) is 1. The second-order valence-corrected chi connectivity index (χ2v) is 8.18. The van der Waals surface area contributed by atoms with Crippen molar-refractivity contribution in [1.29, 1.82) is 0 Å². The van der Waals surface area contributed by atoms with Crippen molar-refractivity contribution < 1.29 is 23.8 Å². The molecule has 1 aromatic carbocycles. The van der Waals surface area contributed by atoms with E-state index in [0.717, 1.165) is 10.4 Å². The fraction of sp³-hybridized carbons (Fsp3) is 0.182. The number of ketones is 1. The third kappa shape index (κ3) is 3.40. The van der Waals surface area contributed by atoms with E-state index in [1.807, 2.05) is 18.4 Å². The third-order valence-electron chi connectivity index (χ3n) is 5.02. The highest BCUT2D eigenvalue weighted by Gasteiger charge is 2.47. The number of thiophene rings is 1. The number of Topliss-reactive ketones (excluding diaryl/α,β-unsaturated/α-hetero) is 1. The van der Waals surface area contributed by atoms with Crippen molar-refractivity contribution in [3.8, 4) is 5.75 Å². The number of furan rings is 1. The van der Waals surface area contributed by atoms with Crippen LogP contribution < -0.4 is 4.74 Å². The summed E-state index contributed by atoms with van der Waals surface area (Å²) < 4.78 is 10.5. The van der Waals surface area contributed by atoms with E-state index < -0.39 is 17.7 Å². The number of benzene rings is 1. The zero-order chi connectivity index (χ0) is 21.4. The summed E-state index contributed by atoms with van der Waals surface area (Å²) in [5.74, 6) is -0.729. The molecule has 0 bridgehead atoms. The maximum absolute atomic E-state index is 13.0.